The van der Waals surface area contributed by atoms with E-state index in [1.807, 2.05) is 0 Å². The van der Waals surface area contributed by atoms with E-state index in [4.69, 9.17) is 11.6 Å². The molecule has 0 saturated carbocycles. The van der Waals surface area contributed by atoms with Crippen molar-refractivity contribution in [2.24, 2.45) is 0 Å². The molecule has 0 spiro atoms. The highest BCUT2D eigenvalue weighted by molar-refractivity contribution is 6.29. The van der Waals surface area contributed by atoms with Gasteiger partial charge in [0.2, 0.25) is 0 Å². The third kappa shape index (κ3) is 2.83. The van der Waals surface area contributed by atoms with E-state index >= 15 is 0 Å². The third-order valence-corrected chi connectivity index (χ3v) is 2.83. The molecule has 0 aliphatic rings. The quantitative estimate of drug-likeness (QED) is 0.757. The minimum absolute atomic E-state index is 0.165. The maximum Gasteiger partial charge on any atom is 0.148 e. The van der Waals surface area contributed by atoms with Crippen molar-refractivity contribution < 1.29 is 0 Å². The molecule has 17 heavy (non-hydrogen) atoms. The summed E-state index contributed by atoms with van der Waals surface area (Å²) in [6.45, 7) is 6.59. The zero-order valence-corrected chi connectivity index (χ0v) is 11.0. The zero-order chi connectivity index (χ0) is 12.5. The highest BCUT2D eigenvalue weighted by atomic mass is 35.5. The largest absolute Gasteiger partial charge is 0.259 e. The maximum atomic E-state index is 5.82. The Morgan fingerprint density at radius 1 is 1.00 bits per heavy atom. The highest BCUT2D eigenvalue weighted by Gasteiger charge is 2.13. The van der Waals surface area contributed by atoms with E-state index in [0.29, 0.717) is 5.15 Å². The first-order valence-corrected chi connectivity index (χ1v) is 5.93. The van der Waals surface area contributed by atoms with Gasteiger partial charge in [-0.25, -0.2) is 4.98 Å². The van der Waals surface area contributed by atoms with Crippen LogP contribution in [0.15, 0.2) is 36.7 Å². The van der Waals surface area contributed by atoms with Crippen molar-refractivity contribution in [2.45, 2.75) is 26.2 Å². The van der Waals surface area contributed by atoms with Crippen LogP contribution in [0.4, 0.5) is 0 Å². The van der Waals surface area contributed by atoms with Gasteiger partial charge in [-0.2, -0.15) is 0 Å². The second-order valence-corrected chi connectivity index (χ2v) is 5.44. The molecule has 0 N–H and O–H groups in total. The Morgan fingerprint density at radius 3 is 2.18 bits per heavy atom. The lowest BCUT2D eigenvalue weighted by Gasteiger charge is -2.19. The van der Waals surface area contributed by atoms with Gasteiger partial charge in [-0.05, 0) is 11.0 Å². The van der Waals surface area contributed by atoms with Gasteiger partial charge in [-0.1, -0.05) is 56.6 Å². The van der Waals surface area contributed by atoms with Gasteiger partial charge in [-0.3, -0.25) is 4.98 Å². The number of aromatic nitrogens is 2. The molecule has 0 bridgehead atoms. The van der Waals surface area contributed by atoms with Crippen LogP contribution in [0.1, 0.15) is 26.3 Å². The molecule has 1 aromatic carbocycles. The lowest BCUT2D eigenvalue weighted by atomic mass is 9.86. The van der Waals surface area contributed by atoms with Gasteiger partial charge in [0, 0.05) is 5.56 Å². The van der Waals surface area contributed by atoms with Gasteiger partial charge in [0.15, 0.2) is 0 Å². The molecular formula is C14H15ClN2. The number of rotatable bonds is 1. The van der Waals surface area contributed by atoms with Gasteiger partial charge >= 0.3 is 0 Å². The Bertz CT molecular complexity index is 512. The lowest BCUT2D eigenvalue weighted by molar-refractivity contribution is 0.590. The van der Waals surface area contributed by atoms with Crippen molar-refractivity contribution in [1.29, 1.82) is 0 Å². The van der Waals surface area contributed by atoms with Crippen LogP contribution in [-0.4, -0.2) is 9.97 Å². The lowest BCUT2D eigenvalue weighted by Crippen LogP contribution is -2.10. The second-order valence-electron chi connectivity index (χ2n) is 5.05. The van der Waals surface area contributed by atoms with E-state index in [-0.39, 0.29) is 5.41 Å². The summed E-state index contributed by atoms with van der Waals surface area (Å²) in [7, 11) is 0. The molecule has 2 nitrogen and oxygen atoms in total. The van der Waals surface area contributed by atoms with Gasteiger partial charge < -0.3 is 0 Å². The van der Waals surface area contributed by atoms with Gasteiger partial charge in [0.25, 0.3) is 0 Å². The molecule has 2 rings (SSSR count). The minimum atomic E-state index is 0.165. The number of nitrogens with zero attached hydrogens (tertiary/aromatic N) is 2. The summed E-state index contributed by atoms with van der Waals surface area (Å²) in [5.41, 5.74) is 3.31. The van der Waals surface area contributed by atoms with E-state index < -0.39 is 0 Å². The van der Waals surface area contributed by atoms with Crippen LogP contribution in [-0.2, 0) is 5.41 Å². The average molecular weight is 247 g/mol. The van der Waals surface area contributed by atoms with E-state index in [2.05, 4.69) is 55.0 Å². The monoisotopic (exact) mass is 246 g/mol. The fourth-order valence-electron chi connectivity index (χ4n) is 1.62. The van der Waals surface area contributed by atoms with E-state index in [1.165, 1.54) is 11.8 Å². The van der Waals surface area contributed by atoms with Crippen molar-refractivity contribution in [1.82, 2.24) is 9.97 Å². The Morgan fingerprint density at radius 2 is 1.65 bits per heavy atom. The van der Waals surface area contributed by atoms with E-state index in [9.17, 15) is 0 Å². The van der Waals surface area contributed by atoms with Crippen LogP contribution in [0.5, 0.6) is 0 Å². The Hall–Kier alpha value is -1.41. The molecule has 0 radical (unpaired) electrons. The molecule has 1 heterocycles. The second kappa shape index (κ2) is 4.46. The summed E-state index contributed by atoms with van der Waals surface area (Å²) in [6, 6.07) is 8.36. The van der Waals surface area contributed by atoms with Gasteiger partial charge in [0.05, 0.1) is 18.1 Å². The fraction of sp³-hybridized carbons (Fsp3) is 0.286. The van der Waals surface area contributed by atoms with Crippen LogP contribution >= 0.6 is 11.6 Å². The van der Waals surface area contributed by atoms with E-state index in [0.717, 1.165) is 11.3 Å². The summed E-state index contributed by atoms with van der Waals surface area (Å²) in [5, 5.41) is 0.419. The Labute approximate surface area is 107 Å². The number of hydrogen-bond acceptors (Lipinski definition) is 2. The predicted molar refractivity (Wildman–Crippen MR) is 71.2 cm³/mol. The number of hydrogen-bond donors (Lipinski definition) is 0. The topological polar surface area (TPSA) is 25.8 Å². The minimum Gasteiger partial charge on any atom is -0.259 e. The smallest absolute Gasteiger partial charge is 0.148 e. The molecule has 88 valence electrons. The molecule has 0 fully saturated rings. The Balaban J connectivity index is 2.36. The summed E-state index contributed by atoms with van der Waals surface area (Å²) < 4.78 is 0. The molecule has 3 heteroatoms. The average Bonchev–Trinajstić information content (AvgIpc) is 2.28. The molecule has 0 unspecified atom stereocenters. The van der Waals surface area contributed by atoms with Crippen LogP contribution in [0.25, 0.3) is 11.3 Å². The van der Waals surface area contributed by atoms with Crippen molar-refractivity contribution in [3.8, 4) is 11.3 Å². The molecule has 1 aromatic heterocycles. The summed E-state index contributed by atoms with van der Waals surface area (Å²) in [5.74, 6) is 0. The van der Waals surface area contributed by atoms with Gasteiger partial charge in [0.1, 0.15) is 5.15 Å². The van der Waals surface area contributed by atoms with Crippen LogP contribution in [0.2, 0.25) is 5.15 Å². The Kier molecular flexibility index (Phi) is 3.16. The standard InChI is InChI=1S/C14H15ClN2/c1-14(2,3)11-6-4-10(5-7-11)12-8-16-9-13(15)17-12/h4-9H,1-3H3. The van der Waals surface area contributed by atoms with Crippen molar-refractivity contribution in [3.05, 3.63) is 47.4 Å². The third-order valence-electron chi connectivity index (χ3n) is 2.65. The molecule has 0 aliphatic carbocycles. The maximum absolute atomic E-state index is 5.82. The first kappa shape index (κ1) is 12.1. The molecule has 0 saturated heterocycles. The van der Waals surface area contributed by atoms with Crippen molar-refractivity contribution in [2.75, 3.05) is 0 Å². The molecule has 0 aliphatic heterocycles. The summed E-state index contributed by atoms with van der Waals surface area (Å²) in [4.78, 5) is 8.28. The molecule has 0 atom stereocenters. The van der Waals surface area contributed by atoms with Crippen molar-refractivity contribution in [3.63, 3.8) is 0 Å². The number of benzene rings is 1. The van der Waals surface area contributed by atoms with Crippen LogP contribution in [0.3, 0.4) is 0 Å². The first-order chi connectivity index (χ1) is 7.97. The summed E-state index contributed by atoms with van der Waals surface area (Å²) in [6.07, 6.45) is 3.26. The van der Waals surface area contributed by atoms with Crippen molar-refractivity contribution >= 4 is 11.6 Å². The van der Waals surface area contributed by atoms with Crippen LogP contribution < -0.4 is 0 Å². The molecular weight excluding hydrogens is 232 g/mol. The molecule has 0 amide bonds. The zero-order valence-electron chi connectivity index (χ0n) is 10.2. The SMILES string of the molecule is CC(C)(C)c1ccc(-c2cncc(Cl)n2)cc1. The number of halogens is 1. The van der Waals surface area contributed by atoms with Crippen LogP contribution in [0, 0.1) is 0 Å². The first-order valence-electron chi connectivity index (χ1n) is 5.55. The predicted octanol–water partition coefficient (Wildman–Crippen LogP) is 4.09. The molecule has 2 aromatic rings. The fourth-order valence-corrected chi connectivity index (χ4v) is 1.77. The van der Waals surface area contributed by atoms with E-state index in [1.54, 1.807) is 6.20 Å². The highest BCUT2D eigenvalue weighted by Crippen LogP contribution is 2.25. The summed E-state index contributed by atoms with van der Waals surface area (Å²) >= 11 is 5.82. The normalized spacial score (nSPS) is 11.5. The van der Waals surface area contributed by atoms with Gasteiger partial charge in [-0.15, -0.1) is 0 Å².